The topological polar surface area (TPSA) is 84.6 Å². The minimum absolute atomic E-state index is 0.0407. The normalized spacial score (nSPS) is 18.3. The number of ketones is 1. The quantitative estimate of drug-likeness (QED) is 0.525. The Hall–Kier alpha value is -1.89. The van der Waals surface area contributed by atoms with Crippen LogP contribution in [0, 0.1) is 5.41 Å². The fourth-order valence-corrected chi connectivity index (χ4v) is 2.88. The maximum Gasteiger partial charge on any atom is 0.256 e. The molecule has 1 aromatic heterocycles. The molecule has 0 atom stereocenters. The van der Waals surface area contributed by atoms with E-state index < -0.39 is 0 Å². The van der Waals surface area contributed by atoms with Gasteiger partial charge in [-0.15, -0.1) is 0 Å². The first-order valence-electron chi connectivity index (χ1n) is 6.85. The lowest BCUT2D eigenvalue weighted by Gasteiger charge is -2.28. The van der Waals surface area contributed by atoms with Gasteiger partial charge >= 0.3 is 0 Å². The van der Waals surface area contributed by atoms with Gasteiger partial charge in [0.25, 0.3) is 5.56 Å². The zero-order valence-electron chi connectivity index (χ0n) is 13.1. The van der Waals surface area contributed by atoms with Crippen molar-refractivity contribution in [2.24, 2.45) is 17.5 Å². The minimum Gasteiger partial charge on any atom is -0.511 e. The number of thioether (sulfide) groups is 1. The lowest BCUT2D eigenvalue weighted by atomic mass is 9.77. The Kier molecular flexibility index (Phi) is 4.55. The summed E-state index contributed by atoms with van der Waals surface area (Å²) in [6.45, 7) is 3.87. The van der Waals surface area contributed by atoms with E-state index in [1.165, 1.54) is 28.6 Å². The average molecular weight is 321 g/mol. The third-order valence-electron chi connectivity index (χ3n) is 3.49. The van der Waals surface area contributed by atoms with Crippen molar-refractivity contribution < 1.29 is 9.90 Å². The van der Waals surface area contributed by atoms with Crippen LogP contribution >= 0.6 is 11.8 Å². The predicted molar refractivity (Wildman–Crippen MR) is 87.1 cm³/mol. The van der Waals surface area contributed by atoms with Gasteiger partial charge in [0, 0.05) is 32.2 Å². The number of nitrogens with zero attached hydrogens (tertiary/aromatic N) is 3. The molecule has 1 N–H and O–H groups in total. The number of allylic oxidation sites excluding steroid dienone is 2. The molecule has 0 saturated carbocycles. The van der Waals surface area contributed by atoms with Crippen molar-refractivity contribution in [3.8, 4) is 0 Å². The molecule has 0 aliphatic heterocycles. The molecular weight excluding hydrogens is 302 g/mol. The Morgan fingerprint density at radius 2 is 2.09 bits per heavy atom. The summed E-state index contributed by atoms with van der Waals surface area (Å²) in [4.78, 5) is 32.2. The van der Waals surface area contributed by atoms with E-state index >= 15 is 0 Å². The maximum absolute atomic E-state index is 12.1. The lowest BCUT2D eigenvalue weighted by Crippen LogP contribution is -2.26. The Morgan fingerprint density at radius 3 is 2.68 bits per heavy atom. The summed E-state index contributed by atoms with van der Waals surface area (Å²) in [7, 11) is 1.63. The number of hydrogen-bond donors (Lipinski definition) is 1. The van der Waals surface area contributed by atoms with Crippen molar-refractivity contribution in [3.63, 3.8) is 0 Å². The molecule has 1 aliphatic rings. The van der Waals surface area contributed by atoms with E-state index in [1.54, 1.807) is 7.05 Å². The van der Waals surface area contributed by atoms with Crippen molar-refractivity contribution in [2.75, 3.05) is 6.26 Å². The molecule has 0 saturated heterocycles. The van der Waals surface area contributed by atoms with E-state index in [-0.39, 0.29) is 33.9 Å². The summed E-state index contributed by atoms with van der Waals surface area (Å²) in [6.07, 6.45) is 3.91. The van der Waals surface area contributed by atoms with Crippen LogP contribution in [0.2, 0.25) is 0 Å². The molecule has 0 radical (unpaired) electrons. The summed E-state index contributed by atoms with van der Waals surface area (Å²) in [6, 6.07) is 1.30. The summed E-state index contributed by atoms with van der Waals surface area (Å²) >= 11 is 1.34. The van der Waals surface area contributed by atoms with Gasteiger partial charge in [0.1, 0.15) is 5.76 Å². The van der Waals surface area contributed by atoms with Crippen molar-refractivity contribution in [1.82, 2.24) is 9.55 Å². The molecule has 1 aliphatic carbocycles. The second-order valence-corrected chi connectivity index (χ2v) is 6.83. The van der Waals surface area contributed by atoms with E-state index in [9.17, 15) is 14.7 Å². The molecule has 0 spiro atoms. The van der Waals surface area contributed by atoms with Gasteiger partial charge in [0.2, 0.25) is 0 Å². The fraction of sp³-hybridized carbons (Fsp3) is 0.467. The highest BCUT2D eigenvalue weighted by atomic mass is 32.2. The predicted octanol–water partition coefficient (Wildman–Crippen LogP) is 2.41. The highest BCUT2D eigenvalue weighted by Gasteiger charge is 2.32. The number of aliphatic hydroxyl groups excluding tert-OH is 1. The van der Waals surface area contributed by atoms with Gasteiger partial charge in [-0.25, -0.2) is 9.98 Å². The Labute approximate surface area is 133 Å². The smallest absolute Gasteiger partial charge is 0.256 e. The zero-order valence-corrected chi connectivity index (χ0v) is 13.9. The molecule has 7 heteroatoms. The average Bonchev–Trinajstić information content (AvgIpc) is 2.40. The summed E-state index contributed by atoms with van der Waals surface area (Å²) in [5.74, 6) is 0.121. The minimum atomic E-state index is -0.245. The van der Waals surface area contributed by atoms with Gasteiger partial charge in [0.15, 0.2) is 16.8 Å². The second kappa shape index (κ2) is 6.08. The molecule has 0 bridgehead atoms. The summed E-state index contributed by atoms with van der Waals surface area (Å²) in [5, 5.41) is 10.6. The standard InChI is InChI=1S/C15H19N3O3S/c1-15(2)6-10(19)9(11(20)7-15)8-16-12-5-13(21)18(3)14(17-12)22-4/h5,8,19H,6-7H2,1-4H3/b16-8+. The van der Waals surface area contributed by atoms with Gasteiger partial charge in [-0.3, -0.25) is 14.2 Å². The number of hydrogen-bond acceptors (Lipinski definition) is 6. The molecule has 1 heterocycles. The van der Waals surface area contributed by atoms with Crippen LogP contribution in [-0.2, 0) is 11.8 Å². The largest absolute Gasteiger partial charge is 0.511 e. The fourth-order valence-electron chi connectivity index (χ4n) is 2.33. The zero-order chi connectivity index (χ0) is 16.5. The second-order valence-electron chi connectivity index (χ2n) is 6.06. The van der Waals surface area contributed by atoms with E-state index in [1.807, 2.05) is 20.1 Å². The molecule has 1 aromatic rings. The number of rotatable bonds is 3. The molecule has 2 rings (SSSR count). The van der Waals surface area contributed by atoms with Crippen LogP contribution in [0.3, 0.4) is 0 Å². The molecule has 22 heavy (non-hydrogen) atoms. The molecule has 0 unspecified atom stereocenters. The Balaban J connectivity index is 2.35. The van der Waals surface area contributed by atoms with Crippen LogP contribution in [-0.4, -0.2) is 32.9 Å². The monoisotopic (exact) mass is 321 g/mol. The van der Waals surface area contributed by atoms with Gasteiger partial charge in [0.05, 0.1) is 5.57 Å². The highest BCUT2D eigenvalue weighted by Crippen LogP contribution is 2.35. The number of Topliss-reactive ketones (excluding diaryl/α,β-unsaturated/α-hetero) is 1. The van der Waals surface area contributed by atoms with Crippen molar-refractivity contribution in [3.05, 3.63) is 27.8 Å². The van der Waals surface area contributed by atoms with Crippen molar-refractivity contribution in [2.45, 2.75) is 31.8 Å². The maximum atomic E-state index is 12.1. The molecule has 0 amide bonds. The summed E-state index contributed by atoms with van der Waals surface area (Å²) in [5.41, 5.74) is -0.265. The SMILES string of the molecule is CSc1nc(/N=C/C2=C(O)CC(C)(C)CC2=O)cc(=O)n1C. The van der Waals surface area contributed by atoms with Crippen LogP contribution in [0.5, 0.6) is 0 Å². The lowest BCUT2D eigenvalue weighted by molar-refractivity contribution is -0.117. The first-order valence-corrected chi connectivity index (χ1v) is 8.07. The van der Waals surface area contributed by atoms with E-state index in [2.05, 4.69) is 9.98 Å². The first kappa shape index (κ1) is 16.5. The number of carbonyl (C=O) groups is 1. The molecular formula is C15H19N3O3S. The van der Waals surface area contributed by atoms with Crippen LogP contribution in [0.4, 0.5) is 5.82 Å². The van der Waals surface area contributed by atoms with Gasteiger partial charge < -0.3 is 5.11 Å². The van der Waals surface area contributed by atoms with Crippen molar-refractivity contribution in [1.29, 1.82) is 0 Å². The Bertz CT molecular complexity index is 732. The molecule has 0 fully saturated rings. The van der Waals surface area contributed by atoms with E-state index in [0.29, 0.717) is 18.0 Å². The van der Waals surface area contributed by atoms with Crippen LogP contribution in [0.25, 0.3) is 0 Å². The Morgan fingerprint density at radius 1 is 1.41 bits per heavy atom. The summed E-state index contributed by atoms with van der Waals surface area (Å²) < 4.78 is 1.43. The highest BCUT2D eigenvalue weighted by molar-refractivity contribution is 7.98. The van der Waals surface area contributed by atoms with Gasteiger partial charge in [-0.05, 0) is 11.7 Å². The number of aliphatic imine (C=N–C) groups is 1. The van der Waals surface area contributed by atoms with Crippen LogP contribution in [0.1, 0.15) is 26.7 Å². The van der Waals surface area contributed by atoms with Crippen molar-refractivity contribution >= 4 is 29.6 Å². The first-order chi connectivity index (χ1) is 10.2. The van der Waals surface area contributed by atoms with E-state index in [4.69, 9.17) is 0 Å². The number of aliphatic hydroxyl groups is 1. The number of carbonyl (C=O) groups excluding carboxylic acids is 1. The number of aromatic nitrogens is 2. The molecule has 0 aromatic carbocycles. The molecule has 6 nitrogen and oxygen atoms in total. The third kappa shape index (κ3) is 3.47. The molecule has 118 valence electrons. The van der Waals surface area contributed by atoms with Crippen LogP contribution < -0.4 is 5.56 Å². The van der Waals surface area contributed by atoms with Gasteiger partial charge in [-0.2, -0.15) is 0 Å². The van der Waals surface area contributed by atoms with E-state index in [0.717, 1.165) is 0 Å². The van der Waals surface area contributed by atoms with Crippen LogP contribution in [0.15, 0.2) is 32.3 Å². The van der Waals surface area contributed by atoms with Gasteiger partial charge in [-0.1, -0.05) is 25.6 Å². The third-order valence-corrected chi connectivity index (χ3v) is 4.22.